The van der Waals surface area contributed by atoms with Crippen LogP contribution in [0.2, 0.25) is 5.02 Å². The average molecular weight is 534 g/mol. The Morgan fingerprint density at radius 3 is 2.89 bits per heavy atom. The summed E-state index contributed by atoms with van der Waals surface area (Å²) in [5.41, 5.74) is 7.78. The van der Waals surface area contributed by atoms with Gasteiger partial charge in [-0.25, -0.2) is 13.8 Å². The van der Waals surface area contributed by atoms with E-state index in [9.17, 15) is 8.78 Å². The highest BCUT2D eigenvalue weighted by Crippen LogP contribution is 2.36. The van der Waals surface area contributed by atoms with Crippen LogP contribution in [0.4, 0.5) is 19.9 Å². The summed E-state index contributed by atoms with van der Waals surface area (Å²) in [5.74, 6) is -0.108. The van der Waals surface area contributed by atoms with Crippen molar-refractivity contribution in [3.63, 3.8) is 0 Å². The first kappa shape index (κ1) is 24.8. The molecule has 1 saturated heterocycles. The third kappa shape index (κ3) is 5.42. The first-order valence-corrected chi connectivity index (χ1v) is 12.9. The third-order valence-corrected chi connectivity index (χ3v) is 7.13. The summed E-state index contributed by atoms with van der Waals surface area (Å²) < 4.78 is 34.5. The van der Waals surface area contributed by atoms with Crippen molar-refractivity contribution < 1.29 is 13.5 Å². The SMILES string of the molecule is C[C@@H]1CN(c2nc(-c3ccc(Cl)cc3F)c3sc(NCCF)nc3n2)C[C@H](/C(C=NC2CC2)=C/N)O1. The first-order chi connectivity index (χ1) is 17.4. The number of alkyl halides is 1. The van der Waals surface area contributed by atoms with Crippen molar-refractivity contribution in [2.45, 2.75) is 38.0 Å². The number of fused-ring (bicyclic) bond motifs is 1. The number of nitrogens with two attached hydrogens (primary N) is 1. The molecule has 2 atom stereocenters. The molecule has 2 aromatic heterocycles. The molecule has 12 heteroatoms. The lowest BCUT2D eigenvalue weighted by atomic mass is 10.1. The fraction of sp³-hybridized carbons (Fsp3) is 0.417. The van der Waals surface area contributed by atoms with Crippen molar-refractivity contribution in [3.05, 3.63) is 40.8 Å². The summed E-state index contributed by atoms with van der Waals surface area (Å²) >= 11 is 7.24. The largest absolute Gasteiger partial charge is 0.404 e. The van der Waals surface area contributed by atoms with Crippen LogP contribution in [0.3, 0.4) is 0 Å². The smallest absolute Gasteiger partial charge is 0.228 e. The second kappa shape index (κ2) is 10.6. The van der Waals surface area contributed by atoms with Crippen LogP contribution in [0.15, 0.2) is 35.0 Å². The summed E-state index contributed by atoms with van der Waals surface area (Å²) in [6, 6.07) is 4.82. The standard InChI is InChI=1S/C24H26ClF2N7OS/c1-13-11-34(12-19(35-13)14(9-28)10-30-16-3-4-16)23-31-20(17-5-2-15(25)8-18(17)27)21-22(32-23)33-24(36-21)29-7-6-26/h2,5,8-10,13,16,19H,3-4,6-7,11-12,28H2,1H3,(H,29,31,32,33)/b14-9+,30-10?/t13-,19-/m1/s1. The van der Waals surface area contributed by atoms with Gasteiger partial charge in [-0.1, -0.05) is 22.9 Å². The number of rotatable bonds is 8. The quantitative estimate of drug-likeness (QED) is 0.408. The Bertz CT molecular complexity index is 1310. The molecule has 2 fully saturated rings. The molecule has 1 saturated carbocycles. The molecule has 3 heterocycles. The van der Waals surface area contributed by atoms with E-state index in [1.54, 1.807) is 18.3 Å². The van der Waals surface area contributed by atoms with Crippen LogP contribution in [0.1, 0.15) is 19.8 Å². The Balaban J connectivity index is 1.54. The zero-order valence-corrected chi connectivity index (χ0v) is 21.2. The van der Waals surface area contributed by atoms with E-state index in [0.717, 1.165) is 18.4 Å². The summed E-state index contributed by atoms with van der Waals surface area (Å²) in [6.45, 7) is 2.50. The normalized spacial score (nSPS) is 21.0. The highest BCUT2D eigenvalue weighted by Gasteiger charge is 2.31. The van der Waals surface area contributed by atoms with Crippen molar-refractivity contribution in [1.29, 1.82) is 0 Å². The van der Waals surface area contributed by atoms with Crippen LogP contribution in [0, 0.1) is 5.82 Å². The number of aromatic nitrogens is 3. The van der Waals surface area contributed by atoms with E-state index in [-0.39, 0.29) is 29.3 Å². The Labute approximate surface area is 216 Å². The minimum Gasteiger partial charge on any atom is -0.404 e. The minimum atomic E-state index is -0.542. The third-order valence-electron chi connectivity index (χ3n) is 5.89. The number of thiazole rings is 1. The van der Waals surface area contributed by atoms with Gasteiger partial charge in [0.1, 0.15) is 23.3 Å². The molecule has 0 bridgehead atoms. The molecule has 1 aromatic carbocycles. The fourth-order valence-electron chi connectivity index (χ4n) is 4.00. The average Bonchev–Trinajstić information content (AvgIpc) is 3.59. The zero-order chi connectivity index (χ0) is 25.2. The van der Waals surface area contributed by atoms with E-state index < -0.39 is 12.5 Å². The maximum Gasteiger partial charge on any atom is 0.228 e. The van der Waals surface area contributed by atoms with Gasteiger partial charge in [0.2, 0.25) is 5.95 Å². The molecule has 190 valence electrons. The van der Waals surface area contributed by atoms with Crippen molar-refractivity contribution in [3.8, 4) is 11.3 Å². The molecule has 0 unspecified atom stereocenters. The Kier molecular flexibility index (Phi) is 7.31. The lowest BCUT2D eigenvalue weighted by molar-refractivity contribution is 0.00666. The van der Waals surface area contributed by atoms with Crippen molar-refractivity contribution in [1.82, 2.24) is 15.0 Å². The van der Waals surface area contributed by atoms with Crippen LogP contribution in [-0.4, -0.2) is 65.7 Å². The molecule has 0 amide bonds. The van der Waals surface area contributed by atoms with Gasteiger partial charge in [0.25, 0.3) is 0 Å². The number of benzene rings is 1. The first-order valence-electron chi connectivity index (χ1n) is 11.7. The number of ether oxygens (including phenoxy) is 1. The lowest BCUT2D eigenvalue weighted by Gasteiger charge is -2.37. The molecule has 3 N–H and O–H groups in total. The molecule has 36 heavy (non-hydrogen) atoms. The molecule has 3 aromatic rings. The zero-order valence-electron chi connectivity index (χ0n) is 19.6. The number of nitrogens with zero attached hydrogens (tertiary/aromatic N) is 5. The maximum absolute atomic E-state index is 15.0. The minimum absolute atomic E-state index is 0.115. The van der Waals surface area contributed by atoms with Gasteiger partial charge in [-0.05, 0) is 38.0 Å². The van der Waals surface area contributed by atoms with E-state index in [1.807, 2.05) is 11.8 Å². The van der Waals surface area contributed by atoms with Crippen LogP contribution in [0.25, 0.3) is 21.6 Å². The number of hydrogen-bond donors (Lipinski definition) is 2. The fourth-order valence-corrected chi connectivity index (χ4v) is 5.09. The van der Waals surface area contributed by atoms with Crippen LogP contribution < -0.4 is 16.0 Å². The highest BCUT2D eigenvalue weighted by molar-refractivity contribution is 7.22. The number of morpholine rings is 1. The summed E-state index contributed by atoms with van der Waals surface area (Å²) in [4.78, 5) is 20.5. The number of aliphatic imine (C=N–C) groups is 1. The number of halogens is 3. The second-order valence-electron chi connectivity index (χ2n) is 8.80. The molecular formula is C24H26ClF2N7OS. The van der Waals surface area contributed by atoms with Crippen LogP contribution in [0.5, 0.6) is 0 Å². The van der Waals surface area contributed by atoms with Gasteiger partial charge in [0, 0.05) is 41.7 Å². The van der Waals surface area contributed by atoms with Gasteiger partial charge in [-0.15, -0.1) is 0 Å². The molecule has 5 rings (SSSR count). The van der Waals surface area contributed by atoms with Gasteiger partial charge in [-0.3, -0.25) is 4.99 Å². The Morgan fingerprint density at radius 1 is 1.33 bits per heavy atom. The van der Waals surface area contributed by atoms with E-state index in [0.29, 0.717) is 46.3 Å². The van der Waals surface area contributed by atoms with Crippen molar-refractivity contribution in [2.24, 2.45) is 10.7 Å². The van der Waals surface area contributed by atoms with Crippen molar-refractivity contribution in [2.75, 3.05) is 36.5 Å². The maximum atomic E-state index is 15.0. The Hall–Kier alpha value is -2.89. The van der Waals surface area contributed by atoms with Gasteiger partial charge in [-0.2, -0.15) is 9.97 Å². The van der Waals surface area contributed by atoms with Crippen LogP contribution in [-0.2, 0) is 4.74 Å². The molecule has 1 aliphatic heterocycles. The highest BCUT2D eigenvalue weighted by atomic mass is 35.5. The molecule has 8 nitrogen and oxygen atoms in total. The number of nitrogens with one attached hydrogen (secondary N) is 1. The number of hydrogen-bond acceptors (Lipinski definition) is 9. The summed E-state index contributed by atoms with van der Waals surface area (Å²) in [5, 5.41) is 3.71. The van der Waals surface area contributed by atoms with E-state index in [4.69, 9.17) is 32.0 Å². The predicted molar refractivity (Wildman–Crippen MR) is 140 cm³/mol. The summed E-state index contributed by atoms with van der Waals surface area (Å²) in [7, 11) is 0. The van der Waals surface area contributed by atoms with Gasteiger partial charge >= 0.3 is 0 Å². The monoisotopic (exact) mass is 533 g/mol. The molecule has 0 radical (unpaired) electrons. The van der Waals surface area contributed by atoms with Crippen molar-refractivity contribution >= 4 is 50.6 Å². The van der Waals surface area contributed by atoms with E-state index >= 15 is 0 Å². The number of anilines is 2. The lowest BCUT2D eigenvalue weighted by Crippen LogP contribution is -2.48. The van der Waals surface area contributed by atoms with E-state index in [2.05, 4.69) is 15.3 Å². The topological polar surface area (TPSA) is 102 Å². The molecule has 0 spiro atoms. The van der Waals surface area contributed by atoms with Gasteiger partial charge in [0.05, 0.1) is 24.4 Å². The molecule has 2 aliphatic rings. The van der Waals surface area contributed by atoms with Crippen LogP contribution >= 0.6 is 22.9 Å². The molecule has 1 aliphatic carbocycles. The summed E-state index contributed by atoms with van der Waals surface area (Å²) in [6.07, 6.45) is 5.04. The second-order valence-corrected chi connectivity index (χ2v) is 10.2. The predicted octanol–water partition coefficient (Wildman–Crippen LogP) is 4.60. The molecular weight excluding hydrogens is 508 g/mol. The Morgan fingerprint density at radius 2 is 2.17 bits per heavy atom. The van der Waals surface area contributed by atoms with Gasteiger partial charge < -0.3 is 20.7 Å². The van der Waals surface area contributed by atoms with Gasteiger partial charge in [0.15, 0.2) is 10.8 Å². The van der Waals surface area contributed by atoms with E-state index in [1.165, 1.54) is 23.6 Å².